The summed E-state index contributed by atoms with van der Waals surface area (Å²) in [6.45, 7) is 5.16. The molecule has 0 aromatic carbocycles. The molecular weight excluding hydrogens is 432 g/mol. The standard InChI is InChI=1S/C15H20ClFN5O6P/c1-4-24-12-9-11(20-14(18)21-12)22(6-19-9)13-15(16,17)10-8(26-13)5-25-29(23,28-10)27-7(2)3/h6-8,10,13H,4-5H2,1-3H3,(H2,18,20,21)/t8-,10-,13-,15-,29-/m1/s1. The molecule has 0 spiro atoms. The summed E-state index contributed by atoms with van der Waals surface area (Å²) in [4.78, 5) is 12.3. The Kier molecular flexibility index (Phi) is 5.21. The van der Waals surface area contributed by atoms with Crippen molar-refractivity contribution in [3.05, 3.63) is 6.33 Å². The average molecular weight is 452 g/mol. The van der Waals surface area contributed by atoms with Crippen LogP contribution in [0.4, 0.5) is 10.3 Å². The highest BCUT2D eigenvalue weighted by Gasteiger charge is 2.63. The van der Waals surface area contributed by atoms with Crippen LogP contribution in [-0.4, -0.2) is 56.2 Å². The maximum absolute atomic E-state index is 15.7. The Hall–Kier alpha value is -1.56. The summed E-state index contributed by atoms with van der Waals surface area (Å²) in [6, 6.07) is 0. The SMILES string of the molecule is CCOc1nc(N)nc2c1ncn2[C@@H]1O[C@@H]2CO[P@](=O)(OC(C)C)O[C@H]2[C@]1(F)Cl. The molecule has 2 saturated heterocycles. The minimum atomic E-state index is -3.99. The van der Waals surface area contributed by atoms with Crippen molar-refractivity contribution in [2.45, 2.75) is 50.4 Å². The number of nitrogen functional groups attached to an aromatic ring is 1. The van der Waals surface area contributed by atoms with E-state index in [9.17, 15) is 4.57 Å². The van der Waals surface area contributed by atoms with Gasteiger partial charge < -0.3 is 15.2 Å². The molecule has 5 atom stereocenters. The lowest BCUT2D eigenvalue weighted by molar-refractivity contribution is -0.0733. The molecule has 29 heavy (non-hydrogen) atoms. The number of hydrogen-bond donors (Lipinski definition) is 1. The van der Waals surface area contributed by atoms with Crippen LogP contribution in [0.5, 0.6) is 5.88 Å². The van der Waals surface area contributed by atoms with E-state index in [0.717, 1.165) is 0 Å². The van der Waals surface area contributed by atoms with E-state index in [1.54, 1.807) is 20.8 Å². The molecule has 0 unspecified atom stereocenters. The first-order valence-electron chi connectivity index (χ1n) is 8.92. The topological polar surface area (TPSA) is 133 Å². The highest BCUT2D eigenvalue weighted by molar-refractivity contribution is 7.48. The Labute approximate surface area is 170 Å². The largest absolute Gasteiger partial charge is 0.476 e. The van der Waals surface area contributed by atoms with Crippen molar-refractivity contribution in [1.29, 1.82) is 0 Å². The molecule has 0 radical (unpaired) electrons. The van der Waals surface area contributed by atoms with Gasteiger partial charge >= 0.3 is 7.82 Å². The summed E-state index contributed by atoms with van der Waals surface area (Å²) >= 11 is 6.20. The number of rotatable bonds is 5. The van der Waals surface area contributed by atoms with Gasteiger partial charge in [-0.2, -0.15) is 9.97 Å². The van der Waals surface area contributed by atoms with E-state index in [1.165, 1.54) is 10.9 Å². The van der Waals surface area contributed by atoms with Crippen molar-refractivity contribution in [2.24, 2.45) is 0 Å². The van der Waals surface area contributed by atoms with E-state index in [4.69, 9.17) is 40.4 Å². The monoisotopic (exact) mass is 451 g/mol. The Balaban J connectivity index is 1.70. The number of imidazole rings is 1. The number of ether oxygens (including phenoxy) is 2. The maximum Gasteiger partial charge on any atom is 0.475 e. The molecule has 14 heteroatoms. The summed E-state index contributed by atoms with van der Waals surface area (Å²) in [7, 11) is -3.99. The number of alkyl halides is 2. The summed E-state index contributed by atoms with van der Waals surface area (Å²) in [5.74, 6) is 0.0594. The summed E-state index contributed by atoms with van der Waals surface area (Å²) in [6.07, 6.45) is -2.93. The Morgan fingerprint density at radius 1 is 1.52 bits per heavy atom. The summed E-state index contributed by atoms with van der Waals surface area (Å²) < 4.78 is 56.4. The fraction of sp³-hybridized carbons (Fsp3) is 0.667. The zero-order valence-electron chi connectivity index (χ0n) is 15.8. The number of aromatic nitrogens is 4. The third kappa shape index (κ3) is 3.58. The van der Waals surface area contributed by atoms with Crippen LogP contribution >= 0.6 is 19.4 Å². The quantitative estimate of drug-likeness (QED) is 0.534. The molecule has 4 rings (SSSR count). The van der Waals surface area contributed by atoms with E-state index in [0.29, 0.717) is 6.61 Å². The predicted octanol–water partition coefficient (Wildman–Crippen LogP) is 2.56. The number of phosphoric ester groups is 1. The van der Waals surface area contributed by atoms with Crippen LogP contribution in [0.2, 0.25) is 0 Å². The molecule has 2 aromatic heterocycles. The van der Waals surface area contributed by atoms with Gasteiger partial charge in [0.1, 0.15) is 6.10 Å². The number of halogens is 2. The van der Waals surface area contributed by atoms with Gasteiger partial charge in [0.05, 0.1) is 25.6 Å². The third-order valence-electron chi connectivity index (χ3n) is 4.27. The maximum atomic E-state index is 15.7. The van der Waals surface area contributed by atoms with Gasteiger partial charge in [-0.05, 0) is 20.8 Å². The van der Waals surface area contributed by atoms with Crippen molar-refractivity contribution >= 4 is 36.5 Å². The zero-order chi connectivity index (χ0) is 21.0. The van der Waals surface area contributed by atoms with Gasteiger partial charge in [0.2, 0.25) is 11.8 Å². The molecule has 11 nitrogen and oxygen atoms in total. The van der Waals surface area contributed by atoms with Gasteiger partial charge in [0.15, 0.2) is 23.5 Å². The number of hydrogen-bond acceptors (Lipinski definition) is 10. The van der Waals surface area contributed by atoms with E-state index in [1.807, 2.05) is 0 Å². The number of anilines is 1. The second kappa shape index (κ2) is 7.29. The zero-order valence-corrected chi connectivity index (χ0v) is 17.5. The highest BCUT2D eigenvalue weighted by atomic mass is 35.5. The first kappa shape index (κ1) is 20.7. The van der Waals surface area contributed by atoms with Crippen molar-refractivity contribution in [2.75, 3.05) is 18.9 Å². The number of nitrogens with two attached hydrogens (primary N) is 1. The lowest BCUT2D eigenvalue weighted by Crippen LogP contribution is -2.43. The number of phosphoric acid groups is 1. The van der Waals surface area contributed by atoms with Crippen molar-refractivity contribution < 1.29 is 32.0 Å². The molecule has 0 amide bonds. The second-order valence-electron chi connectivity index (χ2n) is 6.77. The number of nitrogens with zero attached hydrogens (tertiary/aromatic N) is 4. The molecular formula is C15H20ClFN5O6P. The molecule has 2 fully saturated rings. The first-order chi connectivity index (χ1) is 13.6. The number of fused-ring (bicyclic) bond motifs is 2. The summed E-state index contributed by atoms with van der Waals surface area (Å²) in [5.41, 5.74) is 6.16. The van der Waals surface area contributed by atoms with Gasteiger partial charge in [0, 0.05) is 0 Å². The van der Waals surface area contributed by atoms with Crippen molar-refractivity contribution in [3.63, 3.8) is 0 Å². The van der Waals surface area contributed by atoms with Gasteiger partial charge in [-0.25, -0.2) is 13.9 Å². The molecule has 0 aliphatic carbocycles. The normalized spacial score (nSPS) is 34.6. The van der Waals surface area contributed by atoms with Crippen LogP contribution in [0.1, 0.15) is 27.0 Å². The van der Waals surface area contributed by atoms with Crippen LogP contribution in [0, 0.1) is 0 Å². The molecule has 4 heterocycles. The Morgan fingerprint density at radius 3 is 2.97 bits per heavy atom. The molecule has 0 bridgehead atoms. The van der Waals surface area contributed by atoms with Crippen molar-refractivity contribution in [3.8, 4) is 5.88 Å². The average Bonchev–Trinajstić information content (AvgIpc) is 3.13. The smallest absolute Gasteiger partial charge is 0.475 e. The van der Waals surface area contributed by atoms with Crippen LogP contribution < -0.4 is 10.5 Å². The predicted molar refractivity (Wildman–Crippen MR) is 99.2 cm³/mol. The van der Waals surface area contributed by atoms with E-state index < -0.39 is 37.5 Å². The fourth-order valence-corrected chi connectivity index (χ4v) is 5.18. The van der Waals surface area contributed by atoms with Gasteiger partial charge in [0.25, 0.3) is 5.13 Å². The lowest BCUT2D eigenvalue weighted by atomic mass is 10.1. The third-order valence-corrected chi connectivity index (χ3v) is 6.30. The Bertz CT molecular complexity index is 974. The first-order valence-corrected chi connectivity index (χ1v) is 10.8. The van der Waals surface area contributed by atoms with Crippen LogP contribution in [-0.2, 0) is 22.9 Å². The molecule has 0 saturated carbocycles. The summed E-state index contributed by atoms with van der Waals surface area (Å²) in [5, 5.41) is -2.62. The van der Waals surface area contributed by atoms with Crippen molar-refractivity contribution in [1.82, 2.24) is 19.5 Å². The molecule has 2 N–H and O–H groups in total. The fourth-order valence-electron chi connectivity index (χ4n) is 3.20. The van der Waals surface area contributed by atoms with E-state index >= 15 is 4.39 Å². The van der Waals surface area contributed by atoms with E-state index in [2.05, 4.69) is 15.0 Å². The van der Waals surface area contributed by atoms with Gasteiger partial charge in [-0.3, -0.25) is 18.1 Å². The second-order valence-corrected chi connectivity index (χ2v) is 8.92. The van der Waals surface area contributed by atoms with Crippen LogP contribution in [0.3, 0.4) is 0 Å². The van der Waals surface area contributed by atoms with Gasteiger partial charge in [-0.1, -0.05) is 11.6 Å². The molecule has 2 aromatic rings. The van der Waals surface area contributed by atoms with Crippen LogP contribution in [0.15, 0.2) is 6.33 Å². The molecule has 160 valence electrons. The lowest BCUT2D eigenvalue weighted by Gasteiger charge is -2.33. The van der Waals surface area contributed by atoms with Gasteiger partial charge in [-0.15, -0.1) is 0 Å². The highest BCUT2D eigenvalue weighted by Crippen LogP contribution is 2.61. The minimum absolute atomic E-state index is 0.0911. The van der Waals surface area contributed by atoms with Crippen LogP contribution in [0.25, 0.3) is 11.2 Å². The molecule has 2 aliphatic heterocycles. The Morgan fingerprint density at radius 2 is 2.28 bits per heavy atom. The van der Waals surface area contributed by atoms with E-state index in [-0.39, 0.29) is 29.6 Å². The molecule has 2 aliphatic rings. The minimum Gasteiger partial charge on any atom is -0.476 e.